The molecule has 5 heteroatoms. The van der Waals surface area contributed by atoms with Crippen LogP contribution < -0.4 is 5.32 Å². The first-order valence-electron chi connectivity index (χ1n) is 10.5. The van der Waals surface area contributed by atoms with Crippen molar-refractivity contribution in [2.45, 2.75) is 32.4 Å². The summed E-state index contributed by atoms with van der Waals surface area (Å²) in [6, 6.07) is 24.7. The molecule has 4 nitrogen and oxygen atoms in total. The van der Waals surface area contributed by atoms with E-state index in [2.05, 4.69) is 5.32 Å². The van der Waals surface area contributed by atoms with Gasteiger partial charge in [-0.15, -0.1) is 0 Å². The van der Waals surface area contributed by atoms with Crippen LogP contribution in [0.4, 0.5) is 4.39 Å². The zero-order chi connectivity index (χ0) is 22.1. The second-order valence-corrected chi connectivity index (χ2v) is 7.38. The molecule has 0 bridgehead atoms. The van der Waals surface area contributed by atoms with Crippen molar-refractivity contribution in [3.8, 4) is 0 Å². The number of carbonyl (C=O) groups is 2. The lowest BCUT2D eigenvalue weighted by Gasteiger charge is -2.31. The molecular formula is C26H27FN2O2. The highest BCUT2D eigenvalue weighted by Gasteiger charge is 2.30. The van der Waals surface area contributed by atoms with E-state index in [4.69, 9.17) is 0 Å². The summed E-state index contributed by atoms with van der Waals surface area (Å²) in [4.78, 5) is 28.0. The lowest BCUT2D eigenvalue weighted by atomic mass is 10.0. The molecule has 3 rings (SSSR count). The smallest absolute Gasteiger partial charge is 0.243 e. The zero-order valence-corrected chi connectivity index (χ0v) is 17.6. The zero-order valence-electron chi connectivity index (χ0n) is 17.6. The molecule has 0 aliphatic carbocycles. The number of carbonyl (C=O) groups excluding carboxylic acids is 2. The molecular weight excluding hydrogens is 391 g/mol. The first-order chi connectivity index (χ1) is 15.1. The predicted octanol–water partition coefficient (Wildman–Crippen LogP) is 4.14. The summed E-state index contributed by atoms with van der Waals surface area (Å²) < 4.78 is 14.2. The fourth-order valence-corrected chi connectivity index (χ4v) is 3.53. The van der Waals surface area contributed by atoms with E-state index >= 15 is 0 Å². The first-order valence-corrected chi connectivity index (χ1v) is 10.5. The van der Waals surface area contributed by atoms with Gasteiger partial charge in [-0.25, -0.2) is 4.39 Å². The molecule has 1 atom stereocenters. The number of benzene rings is 3. The van der Waals surface area contributed by atoms with Crippen molar-refractivity contribution in [1.82, 2.24) is 10.2 Å². The molecule has 2 amide bonds. The van der Waals surface area contributed by atoms with Crippen molar-refractivity contribution in [3.63, 3.8) is 0 Å². The van der Waals surface area contributed by atoms with Crippen LogP contribution in [0.3, 0.4) is 0 Å². The molecule has 31 heavy (non-hydrogen) atoms. The van der Waals surface area contributed by atoms with Gasteiger partial charge < -0.3 is 10.2 Å². The Labute approximate surface area is 182 Å². The van der Waals surface area contributed by atoms with E-state index in [1.54, 1.807) is 23.1 Å². The van der Waals surface area contributed by atoms with E-state index < -0.39 is 11.9 Å². The maximum absolute atomic E-state index is 14.2. The first kappa shape index (κ1) is 22.2. The molecule has 0 aromatic heterocycles. The summed E-state index contributed by atoms with van der Waals surface area (Å²) in [5, 5.41) is 2.86. The van der Waals surface area contributed by atoms with Crippen LogP contribution in [0.15, 0.2) is 84.9 Å². The van der Waals surface area contributed by atoms with E-state index in [1.165, 1.54) is 6.07 Å². The van der Waals surface area contributed by atoms with Gasteiger partial charge in [-0.2, -0.15) is 0 Å². The summed E-state index contributed by atoms with van der Waals surface area (Å²) in [5.41, 5.74) is 2.18. The van der Waals surface area contributed by atoms with Gasteiger partial charge in [0.2, 0.25) is 11.8 Å². The largest absolute Gasteiger partial charge is 0.355 e. The average Bonchev–Trinajstić information content (AvgIpc) is 2.79. The van der Waals surface area contributed by atoms with Gasteiger partial charge in [-0.1, -0.05) is 78.9 Å². The molecule has 0 saturated carbocycles. The second-order valence-electron chi connectivity index (χ2n) is 7.38. The lowest BCUT2D eigenvalue weighted by Crippen LogP contribution is -2.51. The van der Waals surface area contributed by atoms with Gasteiger partial charge in [0.1, 0.15) is 11.9 Å². The molecule has 0 saturated heterocycles. The summed E-state index contributed by atoms with van der Waals surface area (Å²) in [6.45, 7) is 2.58. The minimum atomic E-state index is -0.707. The van der Waals surface area contributed by atoms with Crippen LogP contribution in [0.1, 0.15) is 23.6 Å². The maximum atomic E-state index is 14.2. The lowest BCUT2D eigenvalue weighted by molar-refractivity contribution is -0.140. The molecule has 1 N–H and O–H groups in total. The van der Waals surface area contributed by atoms with Crippen molar-refractivity contribution in [2.75, 3.05) is 6.54 Å². The van der Waals surface area contributed by atoms with Crippen LogP contribution >= 0.6 is 0 Å². The van der Waals surface area contributed by atoms with Crippen molar-refractivity contribution >= 4 is 11.8 Å². The van der Waals surface area contributed by atoms with E-state index in [0.29, 0.717) is 18.5 Å². The molecule has 3 aromatic rings. The average molecular weight is 419 g/mol. The van der Waals surface area contributed by atoms with Crippen LogP contribution in [0.5, 0.6) is 0 Å². The van der Waals surface area contributed by atoms with E-state index in [0.717, 1.165) is 11.1 Å². The normalized spacial score (nSPS) is 11.5. The van der Waals surface area contributed by atoms with Gasteiger partial charge in [0.15, 0.2) is 0 Å². The quantitative estimate of drug-likeness (QED) is 0.568. The van der Waals surface area contributed by atoms with E-state index in [1.807, 2.05) is 67.6 Å². The number of likely N-dealkylation sites (N-methyl/N-ethyl adjacent to an activating group) is 1. The molecule has 0 fully saturated rings. The minimum Gasteiger partial charge on any atom is -0.355 e. The maximum Gasteiger partial charge on any atom is 0.243 e. The van der Waals surface area contributed by atoms with Crippen molar-refractivity contribution in [2.24, 2.45) is 0 Å². The van der Waals surface area contributed by atoms with Crippen molar-refractivity contribution < 1.29 is 14.0 Å². The third-order valence-corrected chi connectivity index (χ3v) is 5.12. The highest BCUT2D eigenvalue weighted by molar-refractivity contribution is 5.88. The fraction of sp³-hybridized carbons (Fsp3) is 0.231. The summed E-state index contributed by atoms with van der Waals surface area (Å²) in [6.07, 6.45) is 0.271. The highest BCUT2D eigenvalue weighted by Crippen LogP contribution is 2.17. The number of rotatable bonds is 9. The van der Waals surface area contributed by atoms with Crippen LogP contribution in [0.2, 0.25) is 0 Å². The predicted molar refractivity (Wildman–Crippen MR) is 120 cm³/mol. The van der Waals surface area contributed by atoms with Crippen LogP contribution in [-0.4, -0.2) is 29.3 Å². The number of hydrogen-bond donors (Lipinski definition) is 1. The molecule has 160 valence electrons. The third kappa shape index (κ3) is 6.25. The third-order valence-electron chi connectivity index (χ3n) is 5.12. The fourth-order valence-electron chi connectivity index (χ4n) is 3.53. The molecule has 0 aliphatic heterocycles. The Kier molecular flexibility index (Phi) is 7.93. The molecule has 0 heterocycles. The number of amides is 2. The monoisotopic (exact) mass is 418 g/mol. The van der Waals surface area contributed by atoms with Crippen LogP contribution in [0.25, 0.3) is 0 Å². The van der Waals surface area contributed by atoms with Gasteiger partial charge >= 0.3 is 0 Å². The minimum absolute atomic E-state index is 0.107. The van der Waals surface area contributed by atoms with Gasteiger partial charge in [0.05, 0.1) is 6.42 Å². The van der Waals surface area contributed by atoms with Gasteiger partial charge in [0, 0.05) is 19.5 Å². The van der Waals surface area contributed by atoms with Gasteiger partial charge in [0.25, 0.3) is 0 Å². The Bertz CT molecular complexity index is 993. The Morgan fingerprint density at radius 3 is 2.06 bits per heavy atom. The Morgan fingerprint density at radius 2 is 1.45 bits per heavy atom. The number of halogens is 1. The summed E-state index contributed by atoms with van der Waals surface area (Å²) >= 11 is 0. The molecule has 3 aromatic carbocycles. The number of nitrogens with one attached hydrogen (secondary N) is 1. The van der Waals surface area contributed by atoms with Crippen LogP contribution in [0, 0.1) is 5.82 Å². The van der Waals surface area contributed by atoms with Gasteiger partial charge in [-0.05, 0) is 29.7 Å². The van der Waals surface area contributed by atoms with E-state index in [-0.39, 0.29) is 24.8 Å². The van der Waals surface area contributed by atoms with Gasteiger partial charge in [-0.3, -0.25) is 9.59 Å². The standard InChI is InChI=1S/C26H27FN2O2/c1-2-28-26(31)24(17-20-11-5-3-6-12-20)29(19-21-13-7-4-8-14-21)25(30)18-22-15-9-10-16-23(22)27/h3-16,24H,2,17-19H2,1H3,(H,28,31)/t24-/m0/s1. The Balaban J connectivity index is 1.94. The number of nitrogens with zero attached hydrogens (tertiary/aromatic N) is 1. The Morgan fingerprint density at radius 1 is 0.871 bits per heavy atom. The van der Waals surface area contributed by atoms with Crippen molar-refractivity contribution in [3.05, 3.63) is 107 Å². The molecule has 0 spiro atoms. The number of hydrogen-bond acceptors (Lipinski definition) is 2. The topological polar surface area (TPSA) is 49.4 Å². The van der Waals surface area contributed by atoms with E-state index in [9.17, 15) is 14.0 Å². The second kappa shape index (κ2) is 11.1. The molecule has 0 unspecified atom stereocenters. The van der Waals surface area contributed by atoms with Crippen LogP contribution in [-0.2, 0) is 29.0 Å². The Hall–Kier alpha value is -3.47. The molecule has 0 radical (unpaired) electrons. The van der Waals surface area contributed by atoms with Crippen molar-refractivity contribution in [1.29, 1.82) is 0 Å². The highest BCUT2D eigenvalue weighted by atomic mass is 19.1. The summed E-state index contributed by atoms with van der Waals surface area (Å²) in [5.74, 6) is -0.932. The summed E-state index contributed by atoms with van der Waals surface area (Å²) in [7, 11) is 0. The SMILES string of the molecule is CCNC(=O)[C@H](Cc1ccccc1)N(Cc1ccccc1)C(=O)Cc1ccccc1F. The molecule has 0 aliphatic rings.